The Morgan fingerprint density at radius 1 is 1.05 bits per heavy atom. The second-order valence-corrected chi connectivity index (χ2v) is 9.31. The number of amides is 1. The largest absolute Gasteiger partial charge is 0.465 e. The minimum atomic E-state index is -4.70. The van der Waals surface area contributed by atoms with Crippen LogP contribution in [0.25, 0.3) is 33.9 Å². The van der Waals surface area contributed by atoms with E-state index >= 15 is 0 Å². The first kappa shape index (κ1) is 29.3. The lowest BCUT2D eigenvalue weighted by Gasteiger charge is -2.16. The van der Waals surface area contributed by atoms with Crippen molar-refractivity contribution in [3.05, 3.63) is 60.2 Å². The van der Waals surface area contributed by atoms with Crippen LogP contribution in [0.15, 0.2) is 42.9 Å². The maximum Gasteiger partial charge on any atom is 0.433 e. The molecule has 41 heavy (non-hydrogen) atoms. The Morgan fingerprint density at radius 3 is 2.32 bits per heavy atom. The van der Waals surface area contributed by atoms with Gasteiger partial charge in [-0.1, -0.05) is 31.2 Å². The highest BCUT2D eigenvalue weighted by atomic mass is 19.4. The fourth-order valence-corrected chi connectivity index (χ4v) is 4.58. The fraction of sp³-hybridized carbons (Fsp3) is 0.321. The van der Waals surface area contributed by atoms with Crippen LogP contribution in [0.1, 0.15) is 49.6 Å². The van der Waals surface area contributed by atoms with Gasteiger partial charge in [-0.05, 0) is 25.8 Å². The Kier molecular flexibility index (Phi) is 9.04. The van der Waals surface area contributed by atoms with Gasteiger partial charge in [-0.2, -0.15) is 13.2 Å². The highest BCUT2D eigenvalue weighted by Crippen LogP contribution is 2.36. The van der Waals surface area contributed by atoms with Gasteiger partial charge in [0.05, 0.1) is 24.5 Å². The van der Waals surface area contributed by atoms with Gasteiger partial charge in [0.1, 0.15) is 23.0 Å². The first-order chi connectivity index (χ1) is 19.7. The normalized spacial score (nSPS) is 14.8. The molecular weight excluding hydrogens is 537 g/mol. The first-order valence-electron chi connectivity index (χ1n) is 12.9. The van der Waals surface area contributed by atoms with E-state index in [-0.39, 0.29) is 36.2 Å². The Labute approximate surface area is 234 Å². The van der Waals surface area contributed by atoms with Crippen molar-refractivity contribution in [3.8, 4) is 46.7 Å². The average molecular weight is 567 g/mol. The molecule has 4 N–H and O–H groups in total. The number of hydrogen-bond acceptors (Lipinski definition) is 6. The SMILES string of the molecule is C#C.CCCN(Cc1nc(-c2ccc(-c3ncc(-c4cnc([C@@H]5CCCN5)[nH]4)cn3)cc2)c(C(F)(F)F)[nH]1)C(=O)O. The summed E-state index contributed by atoms with van der Waals surface area (Å²) >= 11 is 0. The Morgan fingerprint density at radius 2 is 1.73 bits per heavy atom. The number of aromatic amines is 2. The number of alkyl halides is 3. The maximum atomic E-state index is 13.8. The molecule has 0 aliphatic carbocycles. The Bertz CT molecular complexity index is 1470. The molecule has 1 aliphatic heterocycles. The van der Waals surface area contributed by atoms with Crippen molar-refractivity contribution >= 4 is 6.09 Å². The maximum absolute atomic E-state index is 13.8. The van der Waals surface area contributed by atoms with Crippen LogP contribution in [0.2, 0.25) is 0 Å². The van der Waals surface area contributed by atoms with Gasteiger partial charge in [-0.15, -0.1) is 12.8 Å². The predicted octanol–water partition coefficient (Wildman–Crippen LogP) is 5.51. The van der Waals surface area contributed by atoms with Crippen molar-refractivity contribution < 1.29 is 23.1 Å². The minimum absolute atomic E-state index is 0.0816. The van der Waals surface area contributed by atoms with E-state index in [2.05, 4.69) is 48.1 Å². The summed E-state index contributed by atoms with van der Waals surface area (Å²) in [4.78, 5) is 35.4. The summed E-state index contributed by atoms with van der Waals surface area (Å²) in [5.74, 6) is 1.21. The predicted molar refractivity (Wildman–Crippen MR) is 146 cm³/mol. The second kappa shape index (κ2) is 12.6. The number of halogens is 3. The molecule has 0 unspecified atom stereocenters. The number of rotatable bonds is 8. The molecule has 4 aromatic rings. The van der Waals surface area contributed by atoms with E-state index in [0.29, 0.717) is 17.8 Å². The first-order valence-corrected chi connectivity index (χ1v) is 12.9. The molecule has 1 amide bonds. The molecule has 3 aromatic heterocycles. The van der Waals surface area contributed by atoms with Gasteiger partial charge in [-0.3, -0.25) is 0 Å². The number of terminal acetylenes is 1. The van der Waals surface area contributed by atoms with Gasteiger partial charge >= 0.3 is 12.3 Å². The lowest BCUT2D eigenvalue weighted by Crippen LogP contribution is -2.30. The summed E-state index contributed by atoms with van der Waals surface area (Å²) in [5.41, 5.74) is 1.09. The summed E-state index contributed by atoms with van der Waals surface area (Å²) in [6.07, 6.45) is 9.83. The number of hydrogen-bond donors (Lipinski definition) is 4. The highest BCUT2D eigenvalue weighted by molar-refractivity contribution is 5.68. The molecule has 0 bridgehead atoms. The number of nitrogens with one attached hydrogen (secondary N) is 3. The van der Waals surface area contributed by atoms with E-state index in [9.17, 15) is 23.1 Å². The number of carbonyl (C=O) groups is 1. The van der Waals surface area contributed by atoms with Crippen LogP contribution < -0.4 is 5.32 Å². The van der Waals surface area contributed by atoms with Crippen LogP contribution in [0, 0.1) is 12.8 Å². The highest BCUT2D eigenvalue weighted by Gasteiger charge is 2.37. The molecule has 214 valence electrons. The van der Waals surface area contributed by atoms with E-state index in [4.69, 9.17) is 0 Å². The quantitative estimate of drug-likeness (QED) is 0.207. The summed E-state index contributed by atoms with van der Waals surface area (Å²) in [6, 6.07) is 6.49. The van der Waals surface area contributed by atoms with Crippen LogP contribution in [-0.2, 0) is 12.7 Å². The molecule has 1 aromatic carbocycles. The molecular formula is C28H29F3N8O2. The molecule has 0 spiro atoms. The molecule has 5 rings (SSSR count). The molecule has 0 radical (unpaired) electrons. The van der Waals surface area contributed by atoms with Gasteiger partial charge in [0.25, 0.3) is 0 Å². The summed E-state index contributed by atoms with van der Waals surface area (Å²) in [5, 5.41) is 12.7. The van der Waals surface area contributed by atoms with Crippen molar-refractivity contribution in [2.75, 3.05) is 13.1 Å². The molecule has 1 saturated heterocycles. The fourth-order valence-electron chi connectivity index (χ4n) is 4.58. The Balaban J connectivity index is 0.00000189. The van der Waals surface area contributed by atoms with Crippen LogP contribution >= 0.6 is 0 Å². The van der Waals surface area contributed by atoms with Crippen LogP contribution in [0.5, 0.6) is 0 Å². The van der Waals surface area contributed by atoms with Gasteiger partial charge < -0.3 is 25.3 Å². The van der Waals surface area contributed by atoms with Crippen molar-refractivity contribution in [2.24, 2.45) is 0 Å². The zero-order chi connectivity index (χ0) is 29.6. The Hall–Kier alpha value is -4.70. The zero-order valence-corrected chi connectivity index (χ0v) is 22.2. The van der Waals surface area contributed by atoms with E-state index in [0.717, 1.165) is 41.4 Å². The van der Waals surface area contributed by atoms with Crippen molar-refractivity contribution in [2.45, 2.75) is 44.9 Å². The van der Waals surface area contributed by atoms with Crippen molar-refractivity contribution in [1.29, 1.82) is 0 Å². The van der Waals surface area contributed by atoms with Gasteiger partial charge in [0.2, 0.25) is 0 Å². The van der Waals surface area contributed by atoms with Crippen LogP contribution in [0.3, 0.4) is 0 Å². The number of nitrogens with zero attached hydrogens (tertiary/aromatic N) is 5. The lowest BCUT2D eigenvalue weighted by atomic mass is 10.1. The topological polar surface area (TPSA) is 136 Å². The van der Waals surface area contributed by atoms with E-state index in [1.165, 1.54) is 12.1 Å². The van der Waals surface area contributed by atoms with Gasteiger partial charge in [0.15, 0.2) is 5.82 Å². The third kappa shape index (κ3) is 6.72. The molecule has 1 atom stereocenters. The summed E-state index contributed by atoms with van der Waals surface area (Å²) in [7, 11) is 0. The molecule has 10 nitrogen and oxygen atoms in total. The molecule has 1 fully saturated rings. The monoisotopic (exact) mass is 566 g/mol. The summed E-state index contributed by atoms with van der Waals surface area (Å²) in [6.45, 7) is 2.66. The van der Waals surface area contributed by atoms with Crippen LogP contribution in [-0.4, -0.2) is 59.1 Å². The smallest absolute Gasteiger partial charge is 0.433 e. The molecule has 0 saturated carbocycles. The van der Waals surface area contributed by atoms with Crippen LogP contribution in [0.4, 0.5) is 18.0 Å². The zero-order valence-electron chi connectivity index (χ0n) is 22.2. The van der Waals surface area contributed by atoms with Gasteiger partial charge in [-0.25, -0.2) is 24.7 Å². The minimum Gasteiger partial charge on any atom is -0.465 e. The van der Waals surface area contributed by atoms with E-state index in [1.807, 2.05) is 0 Å². The van der Waals surface area contributed by atoms with Crippen molar-refractivity contribution in [3.63, 3.8) is 0 Å². The standard InChI is InChI=1S/C26H27F3N8O2.C2H2/c1-2-10-37(25(38)39)14-20-35-21(22(36-20)26(27,28)29)15-5-7-16(8-6-15)23-31-11-17(12-32-23)19-13-33-24(34-19)18-4-3-9-30-18;1-2/h5-8,11-13,18,30H,2-4,9-10,14H2,1H3,(H,33,34)(H,35,36)(H,38,39);1-2H/t18-;/m0./s1. The molecule has 13 heteroatoms. The molecule has 4 heterocycles. The second-order valence-electron chi connectivity index (χ2n) is 9.31. The van der Waals surface area contributed by atoms with Crippen molar-refractivity contribution in [1.82, 2.24) is 40.1 Å². The lowest BCUT2D eigenvalue weighted by molar-refractivity contribution is -0.140. The number of H-pyrrole nitrogens is 2. The van der Waals surface area contributed by atoms with E-state index < -0.39 is 18.0 Å². The number of aromatic nitrogens is 6. The number of benzene rings is 1. The average Bonchev–Trinajstić information content (AvgIpc) is 3.75. The van der Waals surface area contributed by atoms with E-state index in [1.54, 1.807) is 37.6 Å². The number of carboxylic acid groups (broad SMARTS) is 1. The summed E-state index contributed by atoms with van der Waals surface area (Å²) < 4.78 is 41.3. The number of imidazole rings is 2. The molecule has 1 aliphatic rings. The van der Waals surface area contributed by atoms with Gasteiger partial charge in [0, 0.05) is 35.6 Å². The third-order valence-corrected chi connectivity index (χ3v) is 6.51. The third-order valence-electron chi connectivity index (χ3n) is 6.51.